The van der Waals surface area contributed by atoms with Gasteiger partial charge in [-0.3, -0.25) is 0 Å². The zero-order chi connectivity index (χ0) is 11.3. The standard InChI is InChI=1S/C11H22N4/c1-11(2,3)14-8-10-7-13-9-15(10)6-4-5-12/h7,9,14H,4-6,8,12H2,1-3H3. The molecule has 0 fully saturated rings. The Hall–Kier alpha value is -0.870. The molecule has 0 bridgehead atoms. The highest BCUT2D eigenvalue weighted by Gasteiger charge is 2.10. The summed E-state index contributed by atoms with van der Waals surface area (Å²) in [5.41, 5.74) is 6.85. The molecule has 0 saturated carbocycles. The Morgan fingerprint density at radius 2 is 2.20 bits per heavy atom. The third-order valence-electron chi connectivity index (χ3n) is 2.20. The van der Waals surface area contributed by atoms with Crippen LogP contribution < -0.4 is 11.1 Å². The van der Waals surface area contributed by atoms with E-state index in [0.29, 0.717) is 0 Å². The second-order valence-electron chi connectivity index (χ2n) is 4.82. The quantitative estimate of drug-likeness (QED) is 0.765. The number of imidazole rings is 1. The molecule has 0 aromatic carbocycles. The van der Waals surface area contributed by atoms with Gasteiger partial charge in [0.15, 0.2) is 0 Å². The first-order chi connectivity index (χ1) is 7.03. The highest BCUT2D eigenvalue weighted by molar-refractivity contribution is 4.98. The molecule has 0 aliphatic heterocycles. The molecular weight excluding hydrogens is 188 g/mol. The molecule has 0 radical (unpaired) electrons. The first-order valence-corrected chi connectivity index (χ1v) is 5.47. The summed E-state index contributed by atoms with van der Waals surface area (Å²) < 4.78 is 2.16. The van der Waals surface area contributed by atoms with Crippen LogP contribution in [0.25, 0.3) is 0 Å². The van der Waals surface area contributed by atoms with E-state index in [-0.39, 0.29) is 5.54 Å². The maximum atomic E-state index is 5.49. The van der Waals surface area contributed by atoms with Gasteiger partial charge in [0.2, 0.25) is 0 Å². The second kappa shape index (κ2) is 5.28. The van der Waals surface area contributed by atoms with Crippen LogP contribution in [0.5, 0.6) is 0 Å². The zero-order valence-corrected chi connectivity index (χ0v) is 9.95. The number of nitrogens with zero attached hydrogens (tertiary/aromatic N) is 2. The van der Waals surface area contributed by atoms with E-state index in [1.807, 2.05) is 12.5 Å². The predicted molar refractivity (Wildman–Crippen MR) is 62.5 cm³/mol. The van der Waals surface area contributed by atoms with Crippen molar-refractivity contribution in [1.82, 2.24) is 14.9 Å². The van der Waals surface area contributed by atoms with E-state index in [9.17, 15) is 0 Å². The molecule has 0 atom stereocenters. The first kappa shape index (κ1) is 12.2. The first-order valence-electron chi connectivity index (χ1n) is 5.47. The topological polar surface area (TPSA) is 55.9 Å². The molecule has 1 heterocycles. The fraction of sp³-hybridized carbons (Fsp3) is 0.727. The molecule has 15 heavy (non-hydrogen) atoms. The van der Waals surface area contributed by atoms with Crippen molar-refractivity contribution in [1.29, 1.82) is 0 Å². The Labute approximate surface area is 91.9 Å². The van der Waals surface area contributed by atoms with Crippen LogP contribution in [-0.4, -0.2) is 21.6 Å². The van der Waals surface area contributed by atoms with E-state index in [1.54, 1.807) is 0 Å². The number of aromatic nitrogens is 2. The summed E-state index contributed by atoms with van der Waals surface area (Å²) in [5.74, 6) is 0. The summed E-state index contributed by atoms with van der Waals surface area (Å²) in [6, 6.07) is 0. The third kappa shape index (κ3) is 4.44. The molecule has 1 rings (SSSR count). The van der Waals surface area contributed by atoms with E-state index in [4.69, 9.17) is 5.73 Å². The van der Waals surface area contributed by atoms with Gasteiger partial charge in [-0.1, -0.05) is 0 Å². The van der Waals surface area contributed by atoms with E-state index in [2.05, 4.69) is 35.6 Å². The Balaban J connectivity index is 2.50. The minimum atomic E-state index is 0.142. The van der Waals surface area contributed by atoms with Crippen LogP contribution in [0.4, 0.5) is 0 Å². The van der Waals surface area contributed by atoms with Gasteiger partial charge in [-0.05, 0) is 33.7 Å². The lowest BCUT2D eigenvalue weighted by Crippen LogP contribution is -2.35. The molecule has 3 N–H and O–H groups in total. The van der Waals surface area contributed by atoms with Crippen molar-refractivity contribution in [2.24, 2.45) is 5.73 Å². The Morgan fingerprint density at radius 3 is 2.80 bits per heavy atom. The van der Waals surface area contributed by atoms with Crippen LogP contribution in [0.15, 0.2) is 12.5 Å². The van der Waals surface area contributed by atoms with Crippen LogP contribution in [0.3, 0.4) is 0 Å². The lowest BCUT2D eigenvalue weighted by Gasteiger charge is -2.20. The molecule has 86 valence electrons. The molecule has 4 nitrogen and oxygen atoms in total. The summed E-state index contributed by atoms with van der Waals surface area (Å²) in [5, 5.41) is 3.45. The average molecular weight is 210 g/mol. The summed E-state index contributed by atoms with van der Waals surface area (Å²) >= 11 is 0. The molecule has 0 spiro atoms. The van der Waals surface area contributed by atoms with E-state index in [1.165, 1.54) is 5.69 Å². The van der Waals surface area contributed by atoms with Gasteiger partial charge in [0.05, 0.1) is 12.0 Å². The van der Waals surface area contributed by atoms with Crippen LogP contribution >= 0.6 is 0 Å². The zero-order valence-electron chi connectivity index (χ0n) is 9.95. The van der Waals surface area contributed by atoms with Crippen LogP contribution in [-0.2, 0) is 13.1 Å². The Bertz CT molecular complexity index is 285. The van der Waals surface area contributed by atoms with Gasteiger partial charge >= 0.3 is 0 Å². The molecule has 0 aliphatic rings. The maximum absolute atomic E-state index is 5.49. The number of aryl methyl sites for hydroxylation is 1. The van der Waals surface area contributed by atoms with Crippen molar-refractivity contribution >= 4 is 0 Å². The number of nitrogens with one attached hydrogen (secondary N) is 1. The van der Waals surface area contributed by atoms with Gasteiger partial charge in [-0.25, -0.2) is 4.98 Å². The highest BCUT2D eigenvalue weighted by Crippen LogP contribution is 2.04. The van der Waals surface area contributed by atoms with Crippen LogP contribution in [0.1, 0.15) is 32.9 Å². The SMILES string of the molecule is CC(C)(C)NCc1cncn1CCCN. The van der Waals surface area contributed by atoms with E-state index < -0.39 is 0 Å². The molecule has 1 aromatic heterocycles. The van der Waals surface area contributed by atoms with E-state index >= 15 is 0 Å². The van der Waals surface area contributed by atoms with Gasteiger partial charge in [0.1, 0.15) is 0 Å². The summed E-state index contributed by atoms with van der Waals surface area (Å²) in [7, 11) is 0. The van der Waals surface area contributed by atoms with E-state index in [0.717, 1.165) is 26.1 Å². The molecular formula is C11H22N4. The minimum Gasteiger partial charge on any atom is -0.333 e. The number of rotatable bonds is 5. The number of hydrogen-bond acceptors (Lipinski definition) is 3. The summed E-state index contributed by atoms with van der Waals surface area (Å²) in [4.78, 5) is 4.16. The molecule has 4 heteroatoms. The molecule has 0 aliphatic carbocycles. The normalized spacial score (nSPS) is 12.0. The minimum absolute atomic E-state index is 0.142. The Kier molecular flexibility index (Phi) is 4.29. The van der Waals surface area contributed by atoms with Gasteiger partial charge in [0.25, 0.3) is 0 Å². The third-order valence-corrected chi connectivity index (χ3v) is 2.20. The maximum Gasteiger partial charge on any atom is 0.0948 e. The smallest absolute Gasteiger partial charge is 0.0948 e. The summed E-state index contributed by atoms with van der Waals surface area (Å²) in [6.07, 6.45) is 4.78. The van der Waals surface area contributed by atoms with Gasteiger partial charge in [0, 0.05) is 24.8 Å². The number of hydrogen-bond donors (Lipinski definition) is 2. The monoisotopic (exact) mass is 210 g/mol. The second-order valence-corrected chi connectivity index (χ2v) is 4.82. The van der Waals surface area contributed by atoms with Crippen molar-refractivity contribution in [2.45, 2.75) is 45.8 Å². The Morgan fingerprint density at radius 1 is 1.47 bits per heavy atom. The summed E-state index contributed by atoms with van der Waals surface area (Å²) in [6.45, 7) is 9.02. The van der Waals surface area contributed by atoms with Crippen molar-refractivity contribution in [3.63, 3.8) is 0 Å². The van der Waals surface area contributed by atoms with Crippen LogP contribution in [0, 0.1) is 0 Å². The largest absolute Gasteiger partial charge is 0.333 e. The van der Waals surface area contributed by atoms with Gasteiger partial charge in [-0.2, -0.15) is 0 Å². The van der Waals surface area contributed by atoms with Gasteiger partial charge < -0.3 is 15.6 Å². The lowest BCUT2D eigenvalue weighted by atomic mass is 10.1. The van der Waals surface area contributed by atoms with Crippen molar-refractivity contribution < 1.29 is 0 Å². The fourth-order valence-corrected chi connectivity index (χ4v) is 1.31. The molecule has 1 aromatic rings. The fourth-order valence-electron chi connectivity index (χ4n) is 1.31. The number of nitrogens with two attached hydrogens (primary N) is 1. The van der Waals surface area contributed by atoms with Crippen molar-refractivity contribution in [2.75, 3.05) is 6.54 Å². The predicted octanol–water partition coefficient (Wildman–Crippen LogP) is 1.12. The lowest BCUT2D eigenvalue weighted by molar-refractivity contribution is 0.415. The van der Waals surface area contributed by atoms with Crippen molar-refractivity contribution in [3.05, 3.63) is 18.2 Å². The molecule has 0 amide bonds. The molecule has 0 unspecified atom stereocenters. The highest BCUT2D eigenvalue weighted by atomic mass is 15.1. The van der Waals surface area contributed by atoms with Gasteiger partial charge in [-0.15, -0.1) is 0 Å². The van der Waals surface area contributed by atoms with Crippen LogP contribution in [0.2, 0.25) is 0 Å². The van der Waals surface area contributed by atoms with Crippen molar-refractivity contribution in [3.8, 4) is 0 Å². The molecule has 0 saturated heterocycles. The average Bonchev–Trinajstić information content (AvgIpc) is 2.57.